The Morgan fingerprint density at radius 1 is 0.935 bits per heavy atom. The first-order valence-electron chi connectivity index (χ1n) is 15.1. The monoisotopic (exact) mass is 635 g/mol. The molecule has 12 nitrogen and oxygen atoms in total. The van der Waals surface area contributed by atoms with E-state index in [-0.39, 0.29) is 44.6 Å². The van der Waals surface area contributed by atoms with E-state index < -0.39 is 11.7 Å². The van der Waals surface area contributed by atoms with Crippen molar-refractivity contribution in [1.82, 2.24) is 15.1 Å². The highest BCUT2D eigenvalue weighted by atomic mass is 16.5. The molecular weight excluding hydrogens is 594 g/mol. The van der Waals surface area contributed by atoms with Crippen molar-refractivity contribution in [2.24, 2.45) is 0 Å². The van der Waals surface area contributed by atoms with Gasteiger partial charge in [0.2, 0.25) is 12.0 Å². The third-order valence-electron chi connectivity index (χ3n) is 7.36. The van der Waals surface area contributed by atoms with Gasteiger partial charge in [-0.25, -0.2) is 4.79 Å². The second kappa shape index (κ2) is 16.5. The molecule has 1 unspecified atom stereocenters. The second-order valence-corrected chi connectivity index (χ2v) is 10.9. The van der Waals surface area contributed by atoms with Crippen molar-refractivity contribution >= 4 is 34.6 Å². The largest absolute Gasteiger partial charge is 0.476 e. The molecule has 4 rings (SSSR count). The molecule has 4 amide bonds. The van der Waals surface area contributed by atoms with Gasteiger partial charge in [-0.1, -0.05) is 29.8 Å². The van der Waals surface area contributed by atoms with Gasteiger partial charge in [-0.2, -0.15) is 0 Å². The maximum Gasteiger partial charge on any atom is 0.336 e. The minimum absolute atomic E-state index is 0. The lowest BCUT2D eigenvalue weighted by Gasteiger charge is -2.25. The molecule has 246 valence electrons. The summed E-state index contributed by atoms with van der Waals surface area (Å²) in [6.07, 6.45) is 2.09. The highest BCUT2D eigenvalue weighted by molar-refractivity contribution is 6.12. The summed E-state index contributed by atoms with van der Waals surface area (Å²) >= 11 is 0. The Bertz CT molecular complexity index is 1620. The summed E-state index contributed by atoms with van der Waals surface area (Å²) in [7, 11) is 1.68. The number of carbonyl (C=O) groups excluding carboxylic acids is 4. The zero-order valence-electron chi connectivity index (χ0n) is 26.3. The van der Waals surface area contributed by atoms with Crippen molar-refractivity contribution in [2.75, 3.05) is 53.1 Å². The highest BCUT2D eigenvalue weighted by Gasteiger charge is 2.26. The molecule has 2 aromatic carbocycles. The number of benzene rings is 2. The molecule has 0 radical (unpaired) electrons. The van der Waals surface area contributed by atoms with E-state index in [0.717, 1.165) is 21.4 Å². The summed E-state index contributed by atoms with van der Waals surface area (Å²) in [4.78, 5) is 63.1. The van der Waals surface area contributed by atoms with E-state index in [1.807, 2.05) is 38.1 Å². The third-order valence-corrected chi connectivity index (χ3v) is 7.36. The third kappa shape index (κ3) is 9.59. The molecule has 3 aromatic rings. The Kier molecular flexibility index (Phi) is 12.2. The Morgan fingerprint density at radius 2 is 1.63 bits per heavy atom. The predicted molar refractivity (Wildman–Crippen MR) is 171 cm³/mol. The Balaban J connectivity index is 0.00000600. The fourth-order valence-corrected chi connectivity index (χ4v) is 4.75. The average molecular weight is 636 g/mol. The molecule has 1 N–H and O–H groups in total. The molecule has 1 aromatic heterocycles. The van der Waals surface area contributed by atoms with Crippen LogP contribution in [0.1, 0.15) is 37.1 Å². The number of ether oxygens (including phenoxy) is 3. The normalized spacial score (nSPS) is 13.3. The zero-order valence-corrected chi connectivity index (χ0v) is 26.3. The molecular formula is C34H41N3O9. The molecule has 0 bridgehead atoms. The fraction of sp³-hybridized carbons (Fsp3) is 0.382. The first-order chi connectivity index (χ1) is 22.1. The van der Waals surface area contributed by atoms with E-state index in [9.17, 15) is 24.0 Å². The first kappa shape index (κ1) is 34.1. The number of nitrogens with zero attached hydrogens (tertiary/aromatic N) is 2. The highest BCUT2D eigenvalue weighted by Crippen LogP contribution is 2.28. The van der Waals surface area contributed by atoms with Crippen molar-refractivity contribution in [3.8, 4) is 5.75 Å². The molecule has 2 heterocycles. The zero-order chi connectivity index (χ0) is 33.1. The Hall–Kier alpha value is -4.81. The topological polar surface area (TPSA) is 145 Å². The predicted octanol–water partition coefficient (Wildman–Crippen LogP) is 3.09. The van der Waals surface area contributed by atoms with Crippen LogP contribution in [-0.2, 0) is 28.7 Å². The minimum Gasteiger partial charge on any atom is -0.476 e. The number of hydrogen-bond acceptors (Lipinski definition) is 9. The summed E-state index contributed by atoms with van der Waals surface area (Å²) in [6, 6.07) is 14.1. The SMILES string of the molecule is Cc1ccc(C(Oc2ccc3c(C)cc(=O)oc3c2)C(=O)N(C)CCOCCOCCNC(=O)CCCN2C(=O)C=CC2=O)cc1.[HH]. The van der Waals surface area contributed by atoms with Crippen LogP contribution in [0.2, 0.25) is 0 Å². The summed E-state index contributed by atoms with van der Waals surface area (Å²) < 4.78 is 22.7. The summed E-state index contributed by atoms with van der Waals surface area (Å²) in [6.45, 7) is 5.83. The maximum atomic E-state index is 13.5. The van der Waals surface area contributed by atoms with Gasteiger partial charge in [0.05, 0.1) is 26.4 Å². The van der Waals surface area contributed by atoms with Crippen molar-refractivity contribution in [3.05, 3.63) is 87.8 Å². The van der Waals surface area contributed by atoms with Crippen LogP contribution < -0.4 is 15.7 Å². The lowest BCUT2D eigenvalue weighted by molar-refractivity contribution is -0.139. The van der Waals surface area contributed by atoms with Crippen molar-refractivity contribution in [1.29, 1.82) is 0 Å². The number of nitrogens with one attached hydrogen (secondary N) is 1. The van der Waals surface area contributed by atoms with Gasteiger partial charge < -0.3 is 28.8 Å². The Labute approximate surface area is 268 Å². The molecule has 0 saturated carbocycles. The van der Waals surface area contributed by atoms with E-state index in [4.69, 9.17) is 18.6 Å². The lowest BCUT2D eigenvalue weighted by atomic mass is 10.1. The molecule has 12 heteroatoms. The molecule has 0 aliphatic carbocycles. The number of aryl methyl sites for hydroxylation is 2. The summed E-state index contributed by atoms with van der Waals surface area (Å²) in [5.41, 5.74) is 2.45. The molecule has 1 aliphatic heterocycles. The van der Waals surface area contributed by atoms with Gasteiger partial charge in [-0.05, 0) is 38.0 Å². The van der Waals surface area contributed by atoms with Crippen molar-refractivity contribution in [3.63, 3.8) is 0 Å². The van der Waals surface area contributed by atoms with Gasteiger partial charge in [0.15, 0.2) is 0 Å². The number of likely N-dealkylation sites (N-methyl/N-ethyl adjacent to an activating group) is 1. The van der Waals surface area contributed by atoms with E-state index in [1.54, 1.807) is 25.2 Å². The van der Waals surface area contributed by atoms with Gasteiger partial charge in [0, 0.05) is 69.8 Å². The molecule has 1 aliphatic rings. The number of imide groups is 1. The van der Waals surface area contributed by atoms with Gasteiger partial charge in [0.25, 0.3) is 17.7 Å². The van der Waals surface area contributed by atoms with E-state index in [1.165, 1.54) is 23.1 Å². The van der Waals surface area contributed by atoms with E-state index in [0.29, 0.717) is 56.2 Å². The van der Waals surface area contributed by atoms with Gasteiger partial charge in [0.1, 0.15) is 11.3 Å². The van der Waals surface area contributed by atoms with E-state index in [2.05, 4.69) is 5.32 Å². The van der Waals surface area contributed by atoms with Crippen LogP contribution in [0.5, 0.6) is 5.75 Å². The van der Waals surface area contributed by atoms with Gasteiger partial charge >= 0.3 is 5.63 Å². The average Bonchev–Trinajstić information content (AvgIpc) is 3.35. The van der Waals surface area contributed by atoms with Gasteiger partial charge in [-0.3, -0.25) is 24.1 Å². The van der Waals surface area contributed by atoms with Crippen molar-refractivity contribution in [2.45, 2.75) is 32.8 Å². The summed E-state index contributed by atoms with van der Waals surface area (Å²) in [5.74, 6) is -0.767. The first-order valence-corrected chi connectivity index (χ1v) is 15.1. The van der Waals surface area contributed by atoms with Crippen LogP contribution in [-0.4, -0.2) is 86.5 Å². The van der Waals surface area contributed by atoms with Gasteiger partial charge in [-0.15, -0.1) is 0 Å². The Morgan fingerprint density at radius 3 is 2.35 bits per heavy atom. The fourth-order valence-electron chi connectivity index (χ4n) is 4.75. The maximum absolute atomic E-state index is 13.5. The minimum atomic E-state index is -0.930. The van der Waals surface area contributed by atoms with Crippen LogP contribution >= 0.6 is 0 Å². The molecule has 46 heavy (non-hydrogen) atoms. The number of carbonyl (C=O) groups is 4. The van der Waals surface area contributed by atoms with Crippen molar-refractivity contribution < 1.29 is 39.2 Å². The molecule has 0 saturated heterocycles. The molecule has 0 spiro atoms. The van der Waals surface area contributed by atoms with Crippen LogP contribution in [0, 0.1) is 13.8 Å². The number of rotatable bonds is 17. The molecule has 1 atom stereocenters. The van der Waals surface area contributed by atoms with Crippen LogP contribution in [0.4, 0.5) is 0 Å². The number of amides is 4. The lowest BCUT2D eigenvalue weighted by Crippen LogP contribution is -2.36. The number of hydrogen-bond donors (Lipinski definition) is 1. The quantitative estimate of drug-likeness (QED) is 0.134. The van der Waals surface area contributed by atoms with Crippen LogP contribution in [0.15, 0.2) is 69.9 Å². The molecule has 0 fully saturated rings. The summed E-state index contributed by atoms with van der Waals surface area (Å²) in [5, 5.41) is 3.52. The van der Waals surface area contributed by atoms with Crippen LogP contribution in [0.3, 0.4) is 0 Å². The smallest absolute Gasteiger partial charge is 0.336 e. The standard InChI is InChI=1S/C34H39N3O9.H2/c1-23-6-8-25(9-7-23)33(45-26-10-11-27-24(2)21-32(41)46-28(27)22-26)34(42)36(3)16-18-44-20-19-43-17-14-35-29(38)5-4-15-37-30(39)12-13-31(37)40;/h6-13,21-22,33H,4-5,14-20H2,1-3H3,(H,35,38);1H. The number of fused-ring (bicyclic) bond motifs is 1. The second-order valence-electron chi connectivity index (χ2n) is 10.9. The van der Waals surface area contributed by atoms with E-state index >= 15 is 0 Å². The van der Waals surface area contributed by atoms with Crippen LogP contribution in [0.25, 0.3) is 11.0 Å².